The van der Waals surface area contributed by atoms with Crippen LogP contribution in [0.5, 0.6) is 0 Å². The van der Waals surface area contributed by atoms with Crippen LogP contribution in [0, 0.1) is 6.92 Å². The van der Waals surface area contributed by atoms with E-state index >= 15 is 0 Å². The first-order chi connectivity index (χ1) is 8.80. The molecular weight excluding hydrogens is 275 g/mol. The Balaban J connectivity index is 2.61. The minimum Gasteiger partial charge on any atom is -0.389 e. The van der Waals surface area contributed by atoms with Crippen molar-refractivity contribution in [3.05, 3.63) is 47.5 Å². The number of imidazole rings is 1. The summed E-state index contributed by atoms with van der Waals surface area (Å²) in [6.45, 7) is 1.75. The highest BCUT2D eigenvalue weighted by Crippen LogP contribution is 2.33. The number of alkyl halides is 3. The lowest BCUT2D eigenvalue weighted by Crippen LogP contribution is -2.18. The summed E-state index contributed by atoms with van der Waals surface area (Å²) in [7, 11) is 0. The van der Waals surface area contributed by atoms with Gasteiger partial charge in [-0.05, 0) is 25.1 Å². The highest BCUT2D eigenvalue weighted by Gasteiger charge is 2.34. The fourth-order valence-corrected chi connectivity index (χ4v) is 1.95. The van der Waals surface area contributed by atoms with Gasteiger partial charge in [0, 0.05) is 23.6 Å². The molecule has 0 fully saturated rings. The molecule has 2 rings (SSSR count). The predicted molar refractivity (Wildman–Crippen MR) is 69.2 cm³/mol. The number of nitrogens with zero attached hydrogens (tertiary/aromatic N) is 2. The van der Waals surface area contributed by atoms with Crippen molar-refractivity contribution >= 4 is 17.2 Å². The van der Waals surface area contributed by atoms with Crippen molar-refractivity contribution in [1.29, 1.82) is 0 Å². The van der Waals surface area contributed by atoms with Gasteiger partial charge in [0.2, 0.25) is 0 Å². The molecule has 0 bridgehead atoms. The summed E-state index contributed by atoms with van der Waals surface area (Å²) >= 11 is 4.69. The summed E-state index contributed by atoms with van der Waals surface area (Å²) in [6, 6.07) is 3.66. The van der Waals surface area contributed by atoms with Crippen LogP contribution in [0.4, 0.5) is 13.2 Å². The second-order valence-electron chi connectivity index (χ2n) is 3.94. The van der Waals surface area contributed by atoms with Gasteiger partial charge < -0.3 is 10.3 Å². The summed E-state index contributed by atoms with van der Waals surface area (Å²) in [4.78, 5) is 3.73. The molecular formula is C12H10F3N3S. The second kappa shape index (κ2) is 4.65. The minimum absolute atomic E-state index is 0.187. The molecule has 0 saturated heterocycles. The Bertz CT molecular complexity index is 631. The van der Waals surface area contributed by atoms with Crippen molar-refractivity contribution in [3.8, 4) is 5.69 Å². The Hall–Kier alpha value is -1.89. The molecule has 1 aromatic heterocycles. The first kappa shape index (κ1) is 13.5. The Labute approximate surface area is 112 Å². The average molecular weight is 285 g/mol. The summed E-state index contributed by atoms with van der Waals surface area (Å²) in [5.41, 5.74) is 4.89. The van der Waals surface area contributed by atoms with Crippen molar-refractivity contribution < 1.29 is 13.2 Å². The summed E-state index contributed by atoms with van der Waals surface area (Å²) in [5, 5.41) is 0. The quantitative estimate of drug-likeness (QED) is 0.863. The monoisotopic (exact) mass is 285 g/mol. The fraction of sp³-hybridized carbons (Fsp3) is 0.167. The minimum atomic E-state index is -4.48. The van der Waals surface area contributed by atoms with Crippen LogP contribution in [0.15, 0.2) is 30.6 Å². The molecule has 100 valence electrons. The molecule has 0 saturated carbocycles. The summed E-state index contributed by atoms with van der Waals surface area (Å²) in [6.07, 6.45) is -1.27. The van der Waals surface area contributed by atoms with Crippen LogP contribution < -0.4 is 5.73 Å². The number of aryl methyl sites for hydroxylation is 1. The molecule has 2 N–H and O–H groups in total. The predicted octanol–water partition coefficient (Wildman–Crippen LogP) is 2.83. The largest absolute Gasteiger partial charge is 0.417 e. The van der Waals surface area contributed by atoms with Crippen LogP contribution in [0.25, 0.3) is 5.69 Å². The van der Waals surface area contributed by atoms with Gasteiger partial charge in [-0.25, -0.2) is 4.98 Å². The number of hydrogen-bond donors (Lipinski definition) is 1. The van der Waals surface area contributed by atoms with Crippen LogP contribution in [0.1, 0.15) is 17.0 Å². The maximum Gasteiger partial charge on any atom is 0.417 e. The van der Waals surface area contributed by atoms with E-state index in [1.807, 2.05) is 0 Å². The number of benzene rings is 1. The van der Waals surface area contributed by atoms with Gasteiger partial charge in [-0.1, -0.05) is 12.2 Å². The van der Waals surface area contributed by atoms with Gasteiger partial charge in [0.1, 0.15) is 10.8 Å². The van der Waals surface area contributed by atoms with Crippen LogP contribution >= 0.6 is 12.2 Å². The molecule has 0 atom stereocenters. The molecule has 1 heterocycles. The van der Waals surface area contributed by atoms with Gasteiger partial charge >= 0.3 is 6.18 Å². The third-order valence-corrected chi connectivity index (χ3v) is 2.90. The normalized spacial score (nSPS) is 11.6. The first-order valence-electron chi connectivity index (χ1n) is 5.32. The van der Waals surface area contributed by atoms with Crippen molar-refractivity contribution in [1.82, 2.24) is 9.55 Å². The number of nitrogens with two attached hydrogens (primary N) is 1. The molecule has 0 spiro atoms. The maximum atomic E-state index is 12.8. The summed E-state index contributed by atoms with van der Waals surface area (Å²) in [5.74, 6) is 0.661. The van der Waals surface area contributed by atoms with Crippen LogP contribution in [0.2, 0.25) is 0 Å². The molecule has 7 heteroatoms. The highest BCUT2D eigenvalue weighted by molar-refractivity contribution is 7.80. The van der Waals surface area contributed by atoms with Gasteiger partial charge in [0.15, 0.2) is 0 Å². The van der Waals surface area contributed by atoms with Crippen molar-refractivity contribution in [2.45, 2.75) is 13.1 Å². The topological polar surface area (TPSA) is 43.8 Å². The molecule has 1 aromatic carbocycles. The van der Waals surface area contributed by atoms with E-state index in [1.165, 1.54) is 12.1 Å². The third kappa shape index (κ3) is 2.60. The summed E-state index contributed by atoms with van der Waals surface area (Å²) < 4.78 is 40.1. The highest BCUT2D eigenvalue weighted by atomic mass is 32.1. The number of hydrogen-bond acceptors (Lipinski definition) is 2. The zero-order valence-corrected chi connectivity index (χ0v) is 10.7. The van der Waals surface area contributed by atoms with Crippen molar-refractivity contribution in [3.63, 3.8) is 0 Å². The molecule has 0 unspecified atom stereocenters. The maximum absolute atomic E-state index is 12.8. The Kier molecular flexibility index (Phi) is 3.32. The Morgan fingerprint density at radius 3 is 2.53 bits per heavy atom. The van der Waals surface area contributed by atoms with E-state index in [-0.39, 0.29) is 10.6 Å². The molecule has 0 aliphatic heterocycles. The van der Waals surface area contributed by atoms with Gasteiger partial charge in [0.25, 0.3) is 0 Å². The zero-order valence-electron chi connectivity index (χ0n) is 9.90. The number of rotatable bonds is 2. The van der Waals surface area contributed by atoms with Crippen molar-refractivity contribution in [2.75, 3.05) is 0 Å². The number of thiocarbonyl (C=S) groups is 1. The standard InChI is InChI=1S/C12H10F3N3S/c1-7-17-4-5-18(7)8-2-3-10(12(13,14)15)9(6-8)11(16)19/h2-6H,1H3,(H2,16,19). The molecule has 2 aromatic rings. The lowest BCUT2D eigenvalue weighted by molar-refractivity contribution is -0.137. The molecule has 3 nitrogen and oxygen atoms in total. The second-order valence-corrected chi connectivity index (χ2v) is 4.38. The van der Waals surface area contributed by atoms with E-state index in [0.717, 1.165) is 6.07 Å². The molecule has 0 aliphatic rings. The zero-order chi connectivity index (χ0) is 14.2. The average Bonchev–Trinajstić information content (AvgIpc) is 2.73. The van der Waals surface area contributed by atoms with Gasteiger partial charge in [-0.15, -0.1) is 0 Å². The van der Waals surface area contributed by atoms with E-state index in [4.69, 9.17) is 18.0 Å². The van der Waals surface area contributed by atoms with Crippen molar-refractivity contribution in [2.24, 2.45) is 5.73 Å². The smallest absolute Gasteiger partial charge is 0.389 e. The van der Waals surface area contributed by atoms with Crippen LogP contribution in [-0.2, 0) is 6.18 Å². The number of aromatic nitrogens is 2. The van der Waals surface area contributed by atoms with Crippen LogP contribution in [-0.4, -0.2) is 14.5 Å². The Morgan fingerprint density at radius 1 is 1.37 bits per heavy atom. The SMILES string of the molecule is Cc1nccn1-c1ccc(C(F)(F)F)c(C(N)=S)c1. The Morgan fingerprint density at radius 2 is 2.05 bits per heavy atom. The van der Waals surface area contributed by atoms with E-state index < -0.39 is 11.7 Å². The van der Waals surface area contributed by atoms with Crippen LogP contribution in [0.3, 0.4) is 0 Å². The van der Waals surface area contributed by atoms with Gasteiger partial charge in [-0.3, -0.25) is 0 Å². The lowest BCUT2D eigenvalue weighted by atomic mass is 10.1. The fourth-order valence-electron chi connectivity index (χ4n) is 1.78. The molecule has 0 amide bonds. The van der Waals surface area contributed by atoms with E-state index in [2.05, 4.69) is 4.98 Å². The molecule has 19 heavy (non-hydrogen) atoms. The van der Waals surface area contributed by atoms with E-state index in [1.54, 1.807) is 23.9 Å². The molecule has 0 aliphatic carbocycles. The first-order valence-corrected chi connectivity index (χ1v) is 5.73. The number of halogens is 3. The lowest BCUT2D eigenvalue weighted by Gasteiger charge is -2.14. The third-order valence-electron chi connectivity index (χ3n) is 2.68. The van der Waals surface area contributed by atoms with E-state index in [0.29, 0.717) is 11.5 Å². The van der Waals surface area contributed by atoms with E-state index in [9.17, 15) is 13.2 Å². The molecule has 0 radical (unpaired) electrons. The van der Waals surface area contributed by atoms with Gasteiger partial charge in [0.05, 0.1) is 5.56 Å². The van der Waals surface area contributed by atoms with Gasteiger partial charge in [-0.2, -0.15) is 13.2 Å².